The number of anilines is 1. The van der Waals surface area contributed by atoms with E-state index in [-0.39, 0.29) is 17.8 Å². The summed E-state index contributed by atoms with van der Waals surface area (Å²) in [5, 5.41) is 8.72. The average Bonchev–Trinajstić information content (AvgIpc) is 2.31. The summed E-state index contributed by atoms with van der Waals surface area (Å²) in [6.07, 6.45) is 0. The summed E-state index contributed by atoms with van der Waals surface area (Å²) in [6.45, 7) is 3.52. The summed E-state index contributed by atoms with van der Waals surface area (Å²) >= 11 is 0. The van der Waals surface area contributed by atoms with E-state index in [1.54, 1.807) is 19.9 Å². The molecule has 0 aromatic heterocycles. The van der Waals surface area contributed by atoms with Crippen LogP contribution in [0.4, 0.5) is 5.69 Å². The molecule has 0 aliphatic rings. The molecule has 0 atom stereocenters. The molecule has 0 radical (unpaired) electrons. The van der Waals surface area contributed by atoms with Crippen molar-refractivity contribution in [2.24, 2.45) is 5.73 Å². The van der Waals surface area contributed by atoms with Gasteiger partial charge in [0.1, 0.15) is 0 Å². The van der Waals surface area contributed by atoms with Gasteiger partial charge in [0, 0.05) is 6.54 Å². The fourth-order valence-corrected chi connectivity index (χ4v) is 1.62. The molecule has 96 valence electrons. The maximum absolute atomic E-state index is 11.5. The number of hydrogen-bond donors (Lipinski definition) is 2. The zero-order chi connectivity index (χ0) is 13.9. The van der Waals surface area contributed by atoms with Crippen molar-refractivity contribution >= 4 is 23.5 Å². The third-order valence-corrected chi connectivity index (χ3v) is 2.45. The van der Waals surface area contributed by atoms with Gasteiger partial charge in [-0.2, -0.15) is 0 Å². The molecule has 1 rings (SSSR count). The van der Waals surface area contributed by atoms with Gasteiger partial charge in [0.15, 0.2) is 0 Å². The van der Waals surface area contributed by atoms with Gasteiger partial charge in [-0.15, -0.1) is 0 Å². The van der Waals surface area contributed by atoms with Crippen LogP contribution >= 0.6 is 0 Å². The van der Waals surface area contributed by atoms with Crippen molar-refractivity contribution in [1.82, 2.24) is 0 Å². The molecule has 1 aromatic rings. The molecule has 0 saturated heterocycles. The second-order valence-corrected chi connectivity index (χ2v) is 3.74. The van der Waals surface area contributed by atoms with Crippen LogP contribution in [-0.4, -0.2) is 29.4 Å². The van der Waals surface area contributed by atoms with Crippen molar-refractivity contribution in [3.05, 3.63) is 29.3 Å². The molecule has 6 nitrogen and oxygen atoms in total. The number of benzene rings is 1. The normalized spacial score (nSPS) is 9.89. The summed E-state index contributed by atoms with van der Waals surface area (Å²) in [4.78, 5) is 34.5. The van der Waals surface area contributed by atoms with Crippen LogP contribution in [0.25, 0.3) is 0 Å². The highest BCUT2D eigenvalue weighted by molar-refractivity contribution is 6.37. The predicted molar refractivity (Wildman–Crippen MR) is 65.4 cm³/mol. The minimum atomic E-state index is -1.58. The Balaban J connectivity index is 3.33. The van der Waals surface area contributed by atoms with Crippen LogP contribution in [-0.2, 0) is 9.59 Å². The predicted octanol–water partition coefficient (Wildman–Crippen LogP) is 0.531. The molecule has 0 fully saturated rings. The molecule has 1 aromatic carbocycles. The molecule has 0 bridgehead atoms. The highest BCUT2D eigenvalue weighted by atomic mass is 16.4. The molecule has 6 heteroatoms. The number of aryl methyl sites for hydroxylation is 1. The SMILES string of the molecule is CCN(C(=O)C(=O)O)c1ccc(C)cc1C(N)=O. The fourth-order valence-electron chi connectivity index (χ4n) is 1.62. The molecule has 0 aliphatic heterocycles. The van der Waals surface area contributed by atoms with Crippen molar-refractivity contribution in [1.29, 1.82) is 0 Å². The topological polar surface area (TPSA) is 101 Å². The molecule has 0 aliphatic carbocycles. The maximum atomic E-state index is 11.5. The number of carbonyl (C=O) groups excluding carboxylic acids is 2. The van der Waals surface area contributed by atoms with Crippen LogP contribution in [0.1, 0.15) is 22.8 Å². The minimum Gasteiger partial charge on any atom is -0.474 e. The number of likely N-dealkylation sites (N-methyl/N-ethyl adjacent to an activating group) is 1. The Hall–Kier alpha value is -2.37. The Morgan fingerprint density at radius 2 is 1.94 bits per heavy atom. The summed E-state index contributed by atoms with van der Waals surface area (Å²) < 4.78 is 0. The first-order chi connectivity index (χ1) is 8.38. The molecule has 0 saturated carbocycles. The highest BCUT2D eigenvalue weighted by Crippen LogP contribution is 2.21. The minimum absolute atomic E-state index is 0.131. The zero-order valence-electron chi connectivity index (χ0n) is 10.1. The van der Waals surface area contributed by atoms with E-state index in [9.17, 15) is 14.4 Å². The molecule has 2 amide bonds. The second kappa shape index (κ2) is 5.31. The molecule has 0 unspecified atom stereocenters. The Labute approximate surface area is 104 Å². The van der Waals surface area contributed by atoms with Gasteiger partial charge in [-0.05, 0) is 26.0 Å². The van der Waals surface area contributed by atoms with Gasteiger partial charge < -0.3 is 15.7 Å². The van der Waals surface area contributed by atoms with Crippen LogP contribution in [0.5, 0.6) is 0 Å². The number of rotatable bonds is 3. The lowest BCUT2D eigenvalue weighted by Crippen LogP contribution is -2.37. The second-order valence-electron chi connectivity index (χ2n) is 3.74. The van der Waals surface area contributed by atoms with E-state index < -0.39 is 17.8 Å². The van der Waals surface area contributed by atoms with E-state index in [2.05, 4.69) is 0 Å². The average molecular weight is 250 g/mol. The van der Waals surface area contributed by atoms with E-state index in [4.69, 9.17) is 10.8 Å². The lowest BCUT2D eigenvalue weighted by Gasteiger charge is -2.21. The van der Waals surface area contributed by atoms with Crippen molar-refractivity contribution in [3.8, 4) is 0 Å². The molecule has 0 spiro atoms. The van der Waals surface area contributed by atoms with Crippen LogP contribution in [0.15, 0.2) is 18.2 Å². The van der Waals surface area contributed by atoms with Crippen LogP contribution in [0.3, 0.4) is 0 Å². The largest absolute Gasteiger partial charge is 0.474 e. The van der Waals surface area contributed by atoms with E-state index in [1.165, 1.54) is 12.1 Å². The summed E-state index contributed by atoms with van der Waals surface area (Å²) in [5.41, 5.74) is 6.37. The maximum Gasteiger partial charge on any atom is 0.394 e. The number of carboxylic acids is 1. The van der Waals surface area contributed by atoms with Crippen molar-refractivity contribution in [2.45, 2.75) is 13.8 Å². The molecule has 0 heterocycles. The standard InChI is InChI=1S/C12H14N2O4/c1-3-14(11(16)12(17)18)9-5-4-7(2)6-8(9)10(13)15/h4-6H,3H2,1-2H3,(H2,13,15)(H,17,18). The van der Waals surface area contributed by atoms with E-state index in [0.717, 1.165) is 10.5 Å². The number of amides is 2. The van der Waals surface area contributed by atoms with E-state index >= 15 is 0 Å². The molecular weight excluding hydrogens is 236 g/mol. The fraction of sp³-hybridized carbons (Fsp3) is 0.250. The Kier molecular flexibility index (Phi) is 4.04. The van der Waals surface area contributed by atoms with Gasteiger partial charge >= 0.3 is 11.9 Å². The number of hydrogen-bond acceptors (Lipinski definition) is 3. The third kappa shape index (κ3) is 2.65. The third-order valence-electron chi connectivity index (χ3n) is 2.45. The van der Waals surface area contributed by atoms with Crippen molar-refractivity contribution < 1.29 is 19.5 Å². The van der Waals surface area contributed by atoms with Crippen LogP contribution in [0.2, 0.25) is 0 Å². The first kappa shape index (κ1) is 13.7. The number of carboxylic acid groups (broad SMARTS) is 1. The van der Waals surface area contributed by atoms with Gasteiger partial charge in [0.25, 0.3) is 5.91 Å². The Morgan fingerprint density at radius 1 is 1.33 bits per heavy atom. The number of carbonyl (C=O) groups is 3. The van der Waals surface area contributed by atoms with Gasteiger partial charge in [-0.3, -0.25) is 9.59 Å². The smallest absolute Gasteiger partial charge is 0.394 e. The lowest BCUT2D eigenvalue weighted by atomic mass is 10.1. The number of aliphatic carboxylic acids is 1. The monoisotopic (exact) mass is 250 g/mol. The van der Waals surface area contributed by atoms with Crippen molar-refractivity contribution in [2.75, 3.05) is 11.4 Å². The van der Waals surface area contributed by atoms with Gasteiger partial charge in [0.05, 0.1) is 11.3 Å². The van der Waals surface area contributed by atoms with E-state index in [1.807, 2.05) is 0 Å². The number of primary amides is 1. The highest BCUT2D eigenvalue weighted by Gasteiger charge is 2.24. The van der Waals surface area contributed by atoms with Gasteiger partial charge in [-0.1, -0.05) is 11.6 Å². The molecular formula is C12H14N2O4. The van der Waals surface area contributed by atoms with Crippen LogP contribution < -0.4 is 10.6 Å². The quantitative estimate of drug-likeness (QED) is 0.764. The lowest BCUT2D eigenvalue weighted by molar-refractivity contribution is -0.148. The Bertz CT molecular complexity index is 511. The molecule has 18 heavy (non-hydrogen) atoms. The van der Waals surface area contributed by atoms with Gasteiger partial charge in [0.2, 0.25) is 0 Å². The number of nitrogens with two attached hydrogens (primary N) is 1. The van der Waals surface area contributed by atoms with Crippen LogP contribution in [0, 0.1) is 6.92 Å². The van der Waals surface area contributed by atoms with Crippen molar-refractivity contribution in [3.63, 3.8) is 0 Å². The summed E-state index contributed by atoms with van der Waals surface area (Å²) in [5.74, 6) is -3.37. The first-order valence-corrected chi connectivity index (χ1v) is 5.33. The zero-order valence-corrected chi connectivity index (χ0v) is 10.1. The Morgan fingerprint density at radius 3 is 2.39 bits per heavy atom. The van der Waals surface area contributed by atoms with E-state index in [0.29, 0.717) is 0 Å². The van der Waals surface area contributed by atoms with Gasteiger partial charge in [-0.25, -0.2) is 4.79 Å². The summed E-state index contributed by atoms with van der Waals surface area (Å²) in [7, 11) is 0. The molecule has 3 N–H and O–H groups in total. The first-order valence-electron chi connectivity index (χ1n) is 5.33. The number of nitrogens with zero attached hydrogens (tertiary/aromatic N) is 1. The summed E-state index contributed by atoms with van der Waals surface area (Å²) in [6, 6.07) is 4.72.